The molecular formula is C30H33ClF2N4O5. The first-order valence-corrected chi connectivity index (χ1v) is 13.3. The minimum Gasteiger partial charge on any atom is -0.466 e. The average molecular weight is 603 g/mol. The van der Waals surface area contributed by atoms with Gasteiger partial charge >= 0.3 is 12.0 Å². The van der Waals surface area contributed by atoms with Gasteiger partial charge in [-0.25, -0.2) is 23.4 Å². The molecule has 2 aromatic rings. The molecule has 0 spiro atoms. The zero-order valence-electron chi connectivity index (χ0n) is 23.3. The summed E-state index contributed by atoms with van der Waals surface area (Å²) >= 11 is 0. The number of nitrogens with zero attached hydrogens (tertiary/aromatic N) is 3. The third-order valence-corrected chi connectivity index (χ3v) is 7.93. The summed E-state index contributed by atoms with van der Waals surface area (Å²) in [5, 5.41) is 14.7. The van der Waals surface area contributed by atoms with Crippen molar-refractivity contribution in [2.75, 3.05) is 27.4 Å². The van der Waals surface area contributed by atoms with Gasteiger partial charge in [-0.3, -0.25) is 9.80 Å². The van der Waals surface area contributed by atoms with Gasteiger partial charge in [0.15, 0.2) is 11.6 Å². The number of halogens is 3. The molecule has 9 nitrogen and oxygen atoms in total. The Hall–Kier alpha value is -4.01. The Balaban J connectivity index is 0.00000484. The van der Waals surface area contributed by atoms with Crippen LogP contribution >= 0.6 is 12.4 Å². The SMILES string of the molecule is COCC1=C(C(=O)OC)C(c2ccc(F)c(F)c2)N(N(C=O)CCC2CCC(C#N)(c3ccccc3)CC2)C(=O)N1.Cl. The smallest absolute Gasteiger partial charge is 0.341 e. The third-order valence-electron chi connectivity index (χ3n) is 7.93. The number of methoxy groups -OCH3 is 2. The molecule has 0 bridgehead atoms. The molecular weight excluding hydrogens is 570 g/mol. The maximum atomic E-state index is 14.3. The molecule has 1 aliphatic carbocycles. The lowest BCUT2D eigenvalue weighted by Crippen LogP contribution is -2.57. The van der Waals surface area contributed by atoms with Gasteiger partial charge in [-0.2, -0.15) is 5.26 Å². The predicted octanol–water partition coefficient (Wildman–Crippen LogP) is 4.94. The molecule has 1 fully saturated rings. The second-order valence-electron chi connectivity index (χ2n) is 10.2. The van der Waals surface area contributed by atoms with Crippen molar-refractivity contribution < 1.29 is 32.6 Å². The van der Waals surface area contributed by atoms with E-state index in [1.165, 1.54) is 13.2 Å². The number of urea groups is 1. The van der Waals surface area contributed by atoms with Crippen molar-refractivity contribution in [1.82, 2.24) is 15.3 Å². The van der Waals surface area contributed by atoms with E-state index in [0.29, 0.717) is 25.7 Å². The number of esters is 1. The summed E-state index contributed by atoms with van der Waals surface area (Å²) in [5.74, 6) is -2.93. The number of benzene rings is 2. The van der Waals surface area contributed by atoms with E-state index in [0.717, 1.165) is 47.7 Å². The Morgan fingerprint density at radius 2 is 1.86 bits per heavy atom. The Morgan fingerprint density at radius 1 is 1.17 bits per heavy atom. The summed E-state index contributed by atoms with van der Waals surface area (Å²) in [7, 11) is 2.52. The van der Waals surface area contributed by atoms with Gasteiger partial charge < -0.3 is 14.8 Å². The van der Waals surface area contributed by atoms with E-state index in [2.05, 4.69) is 11.4 Å². The Kier molecular flexibility index (Phi) is 11.0. The highest BCUT2D eigenvalue weighted by Gasteiger charge is 2.43. The number of hydrazine groups is 1. The second kappa shape index (κ2) is 14.2. The molecule has 224 valence electrons. The van der Waals surface area contributed by atoms with Gasteiger partial charge in [0.2, 0.25) is 6.41 Å². The number of rotatable bonds is 10. The third kappa shape index (κ3) is 6.55. The van der Waals surface area contributed by atoms with E-state index in [-0.39, 0.29) is 48.3 Å². The van der Waals surface area contributed by atoms with Gasteiger partial charge in [-0.1, -0.05) is 36.4 Å². The molecule has 1 saturated carbocycles. The summed E-state index contributed by atoms with van der Waals surface area (Å²) in [4.78, 5) is 38.7. The predicted molar refractivity (Wildman–Crippen MR) is 151 cm³/mol. The molecule has 2 aromatic carbocycles. The van der Waals surface area contributed by atoms with Crippen molar-refractivity contribution in [3.8, 4) is 6.07 Å². The first kappa shape index (κ1) is 32.5. The Bertz CT molecular complexity index is 1360. The monoisotopic (exact) mass is 602 g/mol. The summed E-state index contributed by atoms with van der Waals surface area (Å²) in [5.41, 5.74) is 0.501. The lowest BCUT2D eigenvalue weighted by molar-refractivity contribution is -0.141. The van der Waals surface area contributed by atoms with Crippen LogP contribution in [0.25, 0.3) is 0 Å². The average Bonchev–Trinajstić information content (AvgIpc) is 3.00. The van der Waals surface area contributed by atoms with Crippen LogP contribution in [0.15, 0.2) is 59.8 Å². The molecule has 1 heterocycles. The van der Waals surface area contributed by atoms with Crippen molar-refractivity contribution in [2.24, 2.45) is 5.92 Å². The van der Waals surface area contributed by atoms with Crippen molar-refractivity contribution in [3.05, 3.63) is 82.6 Å². The fourth-order valence-electron chi connectivity index (χ4n) is 5.72. The summed E-state index contributed by atoms with van der Waals surface area (Å²) in [6.07, 6.45) is 3.81. The number of carbonyl (C=O) groups excluding carboxylic acids is 3. The molecule has 1 unspecified atom stereocenters. The molecule has 2 aliphatic rings. The molecule has 1 atom stereocenters. The van der Waals surface area contributed by atoms with E-state index in [9.17, 15) is 28.4 Å². The number of hydrogen-bond donors (Lipinski definition) is 1. The van der Waals surface area contributed by atoms with Crippen LogP contribution in [0.2, 0.25) is 0 Å². The van der Waals surface area contributed by atoms with E-state index < -0.39 is 35.1 Å². The highest BCUT2D eigenvalue weighted by molar-refractivity contribution is 5.95. The molecule has 4 rings (SSSR count). The van der Waals surface area contributed by atoms with Gasteiger partial charge in [-0.05, 0) is 61.3 Å². The van der Waals surface area contributed by atoms with Gasteiger partial charge in [0.1, 0.15) is 6.04 Å². The number of hydrogen-bond acceptors (Lipinski definition) is 6. The minimum absolute atomic E-state index is 0. The maximum absolute atomic E-state index is 14.3. The van der Waals surface area contributed by atoms with Crippen LogP contribution in [0, 0.1) is 28.9 Å². The Morgan fingerprint density at radius 3 is 2.43 bits per heavy atom. The first-order chi connectivity index (χ1) is 19.8. The zero-order valence-corrected chi connectivity index (χ0v) is 24.2. The van der Waals surface area contributed by atoms with Crippen LogP contribution < -0.4 is 5.32 Å². The van der Waals surface area contributed by atoms with Crippen LogP contribution in [0.4, 0.5) is 13.6 Å². The number of nitriles is 1. The van der Waals surface area contributed by atoms with Crippen LogP contribution in [-0.4, -0.2) is 55.8 Å². The van der Waals surface area contributed by atoms with Crippen molar-refractivity contribution >= 4 is 30.8 Å². The van der Waals surface area contributed by atoms with Crippen LogP contribution in [0.1, 0.15) is 49.3 Å². The standard InChI is InChI=1S/C30H32F2N4O5.ClH/c1-40-17-25-26(28(38)41-2)27(21-8-9-23(31)24(32)16-21)36(29(39)34-25)35(19-37)15-12-20-10-13-30(18-33,14-11-20)22-6-4-3-5-7-22;/h3-9,16,19-20,27H,10-15,17H2,1-2H3,(H,34,39);1H. The quantitative estimate of drug-likeness (QED) is 0.304. The van der Waals surface area contributed by atoms with Crippen LogP contribution in [0.5, 0.6) is 0 Å². The normalized spacial score (nSPS) is 22.0. The van der Waals surface area contributed by atoms with Gasteiger partial charge in [-0.15, -0.1) is 12.4 Å². The fraction of sp³-hybridized carbons (Fsp3) is 0.400. The van der Waals surface area contributed by atoms with Gasteiger partial charge in [0.25, 0.3) is 0 Å². The van der Waals surface area contributed by atoms with Crippen LogP contribution in [0.3, 0.4) is 0 Å². The molecule has 42 heavy (non-hydrogen) atoms. The van der Waals surface area contributed by atoms with E-state index in [1.807, 2.05) is 30.3 Å². The highest BCUT2D eigenvalue weighted by atomic mass is 35.5. The van der Waals surface area contributed by atoms with Crippen molar-refractivity contribution in [3.63, 3.8) is 0 Å². The second-order valence-corrected chi connectivity index (χ2v) is 10.2. The van der Waals surface area contributed by atoms with E-state index >= 15 is 0 Å². The topological polar surface area (TPSA) is 112 Å². The van der Waals surface area contributed by atoms with Crippen molar-refractivity contribution in [1.29, 1.82) is 5.26 Å². The number of amides is 3. The first-order valence-electron chi connectivity index (χ1n) is 13.3. The van der Waals surface area contributed by atoms with Gasteiger partial charge in [0, 0.05) is 13.7 Å². The molecule has 0 aromatic heterocycles. The highest BCUT2D eigenvalue weighted by Crippen LogP contribution is 2.42. The molecule has 0 saturated heterocycles. The number of ether oxygens (including phenoxy) is 2. The van der Waals surface area contributed by atoms with E-state index in [4.69, 9.17) is 9.47 Å². The van der Waals surface area contributed by atoms with Crippen molar-refractivity contribution in [2.45, 2.75) is 43.6 Å². The molecule has 1 N–H and O–H groups in total. The lowest BCUT2D eigenvalue weighted by Gasteiger charge is -2.43. The molecule has 12 heteroatoms. The molecule has 3 amide bonds. The molecule has 1 aliphatic heterocycles. The largest absolute Gasteiger partial charge is 0.466 e. The number of carbonyl (C=O) groups is 3. The summed E-state index contributed by atoms with van der Waals surface area (Å²) in [6.45, 7) is -0.0594. The molecule has 0 radical (unpaired) electrons. The Labute approximate surface area is 249 Å². The lowest BCUT2D eigenvalue weighted by atomic mass is 9.67. The zero-order chi connectivity index (χ0) is 29.6. The maximum Gasteiger partial charge on any atom is 0.341 e. The fourth-order valence-corrected chi connectivity index (χ4v) is 5.72. The summed E-state index contributed by atoms with van der Waals surface area (Å²) < 4.78 is 38.3. The minimum atomic E-state index is -1.29. The van der Waals surface area contributed by atoms with Gasteiger partial charge in [0.05, 0.1) is 36.5 Å². The van der Waals surface area contributed by atoms with E-state index in [1.54, 1.807) is 0 Å². The number of nitrogens with one attached hydrogen (secondary N) is 1. The summed E-state index contributed by atoms with van der Waals surface area (Å²) in [6, 6.07) is 13.2. The van der Waals surface area contributed by atoms with Crippen LogP contribution in [-0.2, 0) is 24.5 Å².